The molecule has 0 amide bonds. The summed E-state index contributed by atoms with van der Waals surface area (Å²) in [7, 11) is -3.59. The van der Waals surface area contributed by atoms with E-state index in [0.29, 0.717) is 0 Å². The van der Waals surface area contributed by atoms with Crippen molar-refractivity contribution in [2.24, 2.45) is 0 Å². The molecule has 0 aromatic heterocycles. The Morgan fingerprint density at radius 1 is 1.29 bits per heavy atom. The topological polar surface area (TPSA) is 69.6 Å². The van der Waals surface area contributed by atoms with Gasteiger partial charge in [-0.25, -0.2) is 8.42 Å². The lowest BCUT2D eigenvalue weighted by Crippen LogP contribution is -2.39. The molecule has 1 atom stereocenters. The largest absolute Gasteiger partial charge is 0.395 e. The first kappa shape index (κ1) is 18.1. The van der Waals surface area contributed by atoms with Crippen LogP contribution in [0.3, 0.4) is 0 Å². The Kier molecular flexibility index (Phi) is 6.80. The van der Waals surface area contributed by atoms with Crippen LogP contribution in [0.2, 0.25) is 0 Å². The van der Waals surface area contributed by atoms with Crippen molar-refractivity contribution in [3.05, 3.63) is 29.8 Å². The summed E-state index contributed by atoms with van der Waals surface area (Å²) in [4.78, 5) is 0.270. The minimum Gasteiger partial charge on any atom is -0.395 e. The van der Waals surface area contributed by atoms with Gasteiger partial charge in [-0.3, -0.25) is 0 Å². The van der Waals surface area contributed by atoms with Crippen LogP contribution in [0.5, 0.6) is 0 Å². The molecule has 0 spiro atoms. The molecule has 0 aliphatic heterocycles. The summed E-state index contributed by atoms with van der Waals surface area (Å²) in [5.74, 6) is 0. The highest BCUT2D eigenvalue weighted by atomic mass is 32.2. The smallest absolute Gasteiger partial charge is 0.243 e. The first-order valence-corrected chi connectivity index (χ1v) is 8.74. The van der Waals surface area contributed by atoms with E-state index >= 15 is 0 Å². The molecule has 120 valence electrons. The lowest BCUT2D eigenvalue weighted by atomic mass is 10.1. The maximum absolute atomic E-state index is 12.7. The van der Waals surface area contributed by atoms with Crippen molar-refractivity contribution < 1.29 is 13.5 Å². The van der Waals surface area contributed by atoms with Crippen LogP contribution in [0.1, 0.15) is 39.3 Å². The average Bonchev–Trinajstić information content (AvgIpc) is 2.44. The van der Waals surface area contributed by atoms with Gasteiger partial charge in [0.15, 0.2) is 0 Å². The van der Waals surface area contributed by atoms with Crippen molar-refractivity contribution in [2.75, 3.05) is 19.7 Å². The van der Waals surface area contributed by atoms with E-state index in [0.717, 1.165) is 12.1 Å². The zero-order chi connectivity index (χ0) is 16.0. The third-order valence-corrected chi connectivity index (χ3v) is 5.44. The van der Waals surface area contributed by atoms with Gasteiger partial charge in [-0.1, -0.05) is 19.1 Å². The Bertz CT molecular complexity index is 544. The van der Waals surface area contributed by atoms with Crippen LogP contribution in [0.25, 0.3) is 0 Å². The van der Waals surface area contributed by atoms with Gasteiger partial charge in [-0.15, -0.1) is 0 Å². The molecule has 1 unspecified atom stereocenters. The first-order valence-electron chi connectivity index (χ1n) is 7.30. The molecule has 21 heavy (non-hydrogen) atoms. The van der Waals surface area contributed by atoms with Crippen LogP contribution in [0, 0.1) is 0 Å². The Hall–Kier alpha value is -0.950. The second-order valence-electron chi connectivity index (χ2n) is 5.28. The van der Waals surface area contributed by atoms with Crippen LogP contribution in [-0.4, -0.2) is 43.6 Å². The van der Waals surface area contributed by atoms with Gasteiger partial charge in [-0.05, 0) is 45.0 Å². The van der Waals surface area contributed by atoms with Gasteiger partial charge in [0, 0.05) is 18.6 Å². The van der Waals surface area contributed by atoms with Crippen LogP contribution < -0.4 is 5.32 Å². The van der Waals surface area contributed by atoms with E-state index in [1.54, 1.807) is 32.0 Å². The molecular weight excluding hydrogens is 288 g/mol. The number of hydrogen-bond donors (Lipinski definition) is 2. The number of sulfonamides is 1. The van der Waals surface area contributed by atoms with Crippen molar-refractivity contribution >= 4 is 10.0 Å². The fourth-order valence-corrected chi connectivity index (χ4v) is 3.94. The molecule has 1 aromatic carbocycles. The highest BCUT2D eigenvalue weighted by molar-refractivity contribution is 7.89. The normalized spacial score (nSPS) is 13.9. The third-order valence-electron chi connectivity index (χ3n) is 3.37. The standard InChI is InChI=1S/C15H26N2O3S/c1-5-16-13(4)14-7-6-8-15(11-14)21(19,20)17(9-10-18)12(2)3/h6-8,11-13,16,18H,5,9-10H2,1-4H3. The lowest BCUT2D eigenvalue weighted by Gasteiger charge is -2.25. The summed E-state index contributed by atoms with van der Waals surface area (Å²) in [6.07, 6.45) is 0. The molecule has 0 heterocycles. The molecule has 1 aromatic rings. The summed E-state index contributed by atoms with van der Waals surface area (Å²) >= 11 is 0. The van der Waals surface area contributed by atoms with Crippen molar-refractivity contribution in [3.8, 4) is 0 Å². The van der Waals surface area contributed by atoms with E-state index in [1.807, 2.05) is 19.9 Å². The number of benzene rings is 1. The van der Waals surface area contributed by atoms with E-state index < -0.39 is 10.0 Å². The summed E-state index contributed by atoms with van der Waals surface area (Å²) in [5, 5.41) is 12.4. The van der Waals surface area contributed by atoms with Gasteiger partial charge in [0.2, 0.25) is 10.0 Å². The van der Waals surface area contributed by atoms with Gasteiger partial charge < -0.3 is 10.4 Å². The molecule has 0 saturated carbocycles. The van der Waals surface area contributed by atoms with Crippen molar-refractivity contribution in [1.82, 2.24) is 9.62 Å². The van der Waals surface area contributed by atoms with E-state index in [2.05, 4.69) is 5.32 Å². The van der Waals surface area contributed by atoms with Crippen LogP contribution in [-0.2, 0) is 10.0 Å². The second-order valence-corrected chi connectivity index (χ2v) is 7.18. The first-order chi connectivity index (χ1) is 9.84. The Labute approximate surface area is 128 Å². The summed E-state index contributed by atoms with van der Waals surface area (Å²) in [6, 6.07) is 6.87. The highest BCUT2D eigenvalue weighted by Crippen LogP contribution is 2.22. The average molecular weight is 314 g/mol. The molecule has 0 fully saturated rings. The fourth-order valence-electron chi connectivity index (χ4n) is 2.26. The SMILES string of the molecule is CCNC(C)c1cccc(S(=O)(=O)N(CCO)C(C)C)c1. The van der Waals surface area contributed by atoms with E-state index in [1.165, 1.54) is 4.31 Å². The van der Waals surface area contributed by atoms with Crippen molar-refractivity contribution in [2.45, 2.75) is 44.7 Å². The van der Waals surface area contributed by atoms with Crippen molar-refractivity contribution in [3.63, 3.8) is 0 Å². The van der Waals surface area contributed by atoms with Gasteiger partial charge >= 0.3 is 0 Å². The monoisotopic (exact) mass is 314 g/mol. The number of rotatable bonds is 8. The molecule has 0 saturated heterocycles. The van der Waals surface area contributed by atoms with Crippen molar-refractivity contribution in [1.29, 1.82) is 0 Å². The summed E-state index contributed by atoms with van der Waals surface area (Å²) in [6.45, 7) is 8.36. The van der Waals surface area contributed by atoms with E-state index in [9.17, 15) is 8.42 Å². The van der Waals surface area contributed by atoms with Crippen LogP contribution in [0.4, 0.5) is 0 Å². The molecule has 2 N–H and O–H groups in total. The fraction of sp³-hybridized carbons (Fsp3) is 0.600. The number of aliphatic hydroxyl groups is 1. The molecule has 0 aliphatic carbocycles. The molecule has 6 heteroatoms. The number of hydrogen-bond acceptors (Lipinski definition) is 4. The Balaban J connectivity index is 3.16. The van der Waals surface area contributed by atoms with Gasteiger partial charge in [0.1, 0.15) is 0 Å². The van der Waals surface area contributed by atoms with Crippen LogP contribution in [0.15, 0.2) is 29.2 Å². The highest BCUT2D eigenvalue weighted by Gasteiger charge is 2.26. The van der Waals surface area contributed by atoms with E-state index in [4.69, 9.17) is 5.11 Å². The summed E-state index contributed by atoms with van der Waals surface area (Å²) in [5.41, 5.74) is 0.936. The lowest BCUT2D eigenvalue weighted by molar-refractivity contribution is 0.236. The Morgan fingerprint density at radius 3 is 2.48 bits per heavy atom. The second kappa shape index (κ2) is 7.89. The molecule has 5 nitrogen and oxygen atoms in total. The maximum Gasteiger partial charge on any atom is 0.243 e. The zero-order valence-corrected chi connectivity index (χ0v) is 14.0. The minimum atomic E-state index is -3.59. The van der Waals surface area contributed by atoms with Gasteiger partial charge in [-0.2, -0.15) is 4.31 Å². The maximum atomic E-state index is 12.7. The Morgan fingerprint density at radius 2 is 1.95 bits per heavy atom. The number of nitrogens with one attached hydrogen (secondary N) is 1. The van der Waals surface area contributed by atoms with E-state index in [-0.39, 0.29) is 30.1 Å². The number of aliphatic hydroxyl groups excluding tert-OH is 1. The third kappa shape index (κ3) is 4.51. The van der Waals surface area contributed by atoms with Gasteiger partial charge in [0.05, 0.1) is 11.5 Å². The zero-order valence-electron chi connectivity index (χ0n) is 13.2. The van der Waals surface area contributed by atoms with Gasteiger partial charge in [0.25, 0.3) is 0 Å². The molecular formula is C15H26N2O3S. The number of nitrogens with zero attached hydrogens (tertiary/aromatic N) is 1. The quantitative estimate of drug-likeness (QED) is 0.767. The molecule has 0 radical (unpaired) electrons. The summed E-state index contributed by atoms with van der Waals surface area (Å²) < 4.78 is 26.7. The molecule has 0 bridgehead atoms. The molecule has 1 rings (SSSR count). The predicted octanol–water partition coefficient (Wildman–Crippen LogP) is 1.75. The molecule has 0 aliphatic rings. The predicted molar refractivity (Wildman–Crippen MR) is 84.6 cm³/mol. The minimum absolute atomic E-state index is 0.0930. The van der Waals surface area contributed by atoms with Crippen LogP contribution >= 0.6 is 0 Å².